The lowest BCUT2D eigenvalue weighted by Gasteiger charge is -2.31. The Kier molecular flexibility index (Phi) is 7.59. The van der Waals surface area contributed by atoms with Gasteiger partial charge in [-0.1, -0.05) is 23.5 Å². The van der Waals surface area contributed by atoms with Gasteiger partial charge in [0, 0.05) is 44.7 Å². The predicted molar refractivity (Wildman–Crippen MR) is 146 cm³/mol. The SMILES string of the molecule is CNc1nccc(-c2sc(N3CCC(F)(F)CC3)nc2-c2cccc(NS(=O)(=O)c3c(F)ccc(C)c3F)c2F)n1. The molecule has 1 aliphatic heterocycles. The number of hydrogen-bond acceptors (Lipinski definition) is 8. The Labute approximate surface area is 236 Å². The van der Waals surface area contributed by atoms with Crippen molar-refractivity contribution in [1.29, 1.82) is 0 Å². The van der Waals surface area contributed by atoms with Gasteiger partial charge in [0.1, 0.15) is 11.6 Å². The first-order chi connectivity index (χ1) is 19.4. The maximum absolute atomic E-state index is 16.0. The molecule has 0 saturated carbocycles. The van der Waals surface area contributed by atoms with E-state index in [1.165, 1.54) is 25.3 Å². The third-order valence-corrected chi connectivity index (χ3v) is 9.04. The van der Waals surface area contributed by atoms with E-state index in [-0.39, 0.29) is 48.7 Å². The van der Waals surface area contributed by atoms with Gasteiger partial charge in [-0.15, -0.1) is 0 Å². The summed E-state index contributed by atoms with van der Waals surface area (Å²) < 4.78 is 100. The van der Waals surface area contributed by atoms with Crippen LogP contribution in [0.5, 0.6) is 0 Å². The summed E-state index contributed by atoms with van der Waals surface area (Å²) in [7, 11) is -3.27. The molecule has 0 bridgehead atoms. The van der Waals surface area contributed by atoms with E-state index >= 15 is 4.39 Å². The van der Waals surface area contributed by atoms with Crippen LogP contribution in [-0.2, 0) is 10.0 Å². The number of nitrogens with one attached hydrogen (secondary N) is 2. The van der Waals surface area contributed by atoms with E-state index in [1.54, 1.807) is 18.0 Å². The first kappa shape index (κ1) is 28.7. The van der Waals surface area contributed by atoms with Gasteiger partial charge < -0.3 is 10.2 Å². The van der Waals surface area contributed by atoms with Crippen molar-refractivity contribution in [3.63, 3.8) is 0 Å². The molecule has 216 valence electrons. The highest BCUT2D eigenvalue weighted by Gasteiger charge is 2.35. The van der Waals surface area contributed by atoms with Crippen LogP contribution in [0.2, 0.25) is 0 Å². The van der Waals surface area contributed by atoms with Gasteiger partial charge in [0.2, 0.25) is 5.95 Å². The second-order valence-electron chi connectivity index (χ2n) is 9.31. The summed E-state index contributed by atoms with van der Waals surface area (Å²) >= 11 is 1.11. The molecule has 2 aromatic carbocycles. The maximum atomic E-state index is 16.0. The number of thiazole rings is 1. The number of nitrogens with zero attached hydrogens (tertiary/aromatic N) is 4. The van der Waals surface area contributed by atoms with E-state index in [1.807, 2.05) is 4.72 Å². The van der Waals surface area contributed by atoms with Crippen molar-refractivity contribution in [3.05, 3.63) is 65.6 Å². The molecule has 5 rings (SSSR count). The van der Waals surface area contributed by atoms with Gasteiger partial charge in [-0.2, -0.15) is 0 Å². The van der Waals surface area contributed by atoms with Gasteiger partial charge in [0.05, 0.1) is 22.0 Å². The number of benzene rings is 2. The molecule has 3 heterocycles. The molecule has 15 heteroatoms. The third-order valence-electron chi connectivity index (χ3n) is 6.50. The molecule has 2 N–H and O–H groups in total. The van der Waals surface area contributed by atoms with Crippen LogP contribution in [0.1, 0.15) is 18.4 Å². The Bertz CT molecular complexity index is 1720. The second kappa shape index (κ2) is 10.9. The molecule has 0 atom stereocenters. The summed E-state index contributed by atoms with van der Waals surface area (Å²) in [6.45, 7) is 1.33. The van der Waals surface area contributed by atoms with Crippen molar-refractivity contribution in [2.45, 2.75) is 30.6 Å². The number of alkyl halides is 2. The van der Waals surface area contributed by atoms with Gasteiger partial charge >= 0.3 is 0 Å². The Morgan fingerprint density at radius 2 is 1.73 bits per heavy atom. The number of rotatable bonds is 7. The lowest BCUT2D eigenvalue weighted by molar-refractivity contribution is -0.0220. The third kappa shape index (κ3) is 5.68. The minimum atomic E-state index is -4.88. The minimum Gasteiger partial charge on any atom is -0.357 e. The van der Waals surface area contributed by atoms with Crippen LogP contribution in [-0.4, -0.2) is 49.4 Å². The molecule has 0 unspecified atom stereocenters. The van der Waals surface area contributed by atoms with Crippen LogP contribution in [0.25, 0.3) is 21.8 Å². The number of anilines is 3. The summed E-state index contributed by atoms with van der Waals surface area (Å²) in [4.78, 5) is 13.9. The average Bonchev–Trinajstić information content (AvgIpc) is 3.37. The van der Waals surface area contributed by atoms with Gasteiger partial charge in [0.15, 0.2) is 15.8 Å². The molecule has 1 saturated heterocycles. The van der Waals surface area contributed by atoms with E-state index in [0.29, 0.717) is 15.7 Å². The normalized spacial score (nSPS) is 15.1. The molecule has 0 aliphatic carbocycles. The molecule has 2 aromatic heterocycles. The fraction of sp³-hybridized carbons (Fsp3) is 0.269. The average molecular weight is 611 g/mol. The Morgan fingerprint density at radius 1 is 1.00 bits per heavy atom. The summed E-state index contributed by atoms with van der Waals surface area (Å²) in [5.74, 6) is -6.21. The van der Waals surface area contributed by atoms with Crippen LogP contribution < -0.4 is 14.9 Å². The van der Waals surface area contributed by atoms with Crippen molar-refractivity contribution in [1.82, 2.24) is 15.0 Å². The number of sulfonamides is 1. The van der Waals surface area contributed by atoms with Crippen molar-refractivity contribution < 1.29 is 30.4 Å². The topological polar surface area (TPSA) is 100 Å². The van der Waals surface area contributed by atoms with E-state index in [0.717, 1.165) is 29.5 Å². The fourth-order valence-electron chi connectivity index (χ4n) is 4.30. The molecule has 41 heavy (non-hydrogen) atoms. The predicted octanol–water partition coefficient (Wildman–Crippen LogP) is 6.07. The summed E-state index contributed by atoms with van der Waals surface area (Å²) in [5.41, 5.74) is -0.379. The van der Waals surface area contributed by atoms with Crippen LogP contribution in [0.15, 0.2) is 47.5 Å². The number of halogens is 5. The number of aryl methyl sites for hydroxylation is 1. The molecule has 4 aromatic rings. The zero-order chi connectivity index (χ0) is 29.5. The molecular weight excluding hydrogens is 587 g/mol. The van der Waals surface area contributed by atoms with Gasteiger partial charge in [-0.3, -0.25) is 4.72 Å². The lowest BCUT2D eigenvalue weighted by atomic mass is 10.1. The zero-order valence-corrected chi connectivity index (χ0v) is 23.3. The van der Waals surface area contributed by atoms with E-state index in [9.17, 15) is 26.0 Å². The van der Waals surface area contributed by atoms with E-state index in [4.69, 9.17) is 0 Å². The Morgan fingerprint density at radius 3 is 2.44 bits per heavy atom. The van der Waals surface area contributed by atoms with Crippen molar-refractivity contribution >= 4 is 38.1 Å². The molecule has 0 radical (unpaired) electrons. The molecule has 0 spiro atoms. The minimum absolute atomic E-state index is 0.0286. The van der Waals surface area contributed by atoms with Gasteiger partial charge in [0.25, 0.3) is 15.9 Å². The van der Waals surface area contributed by atoms with E-state index in [2.05, 4.69) is 20.3 Å². The van der Waals surface area contributed by atoms with Crippen LogP contribution >= 0.6 is 11.3 Å². The van der Waals surface area contributed by atoms with Crippen LogP contribution in [0, 0.1) is 24.4 Å². The molecule has 1 fully saturated rings. The van der Waals surface area contributed by atoms with E-state index < -0.39 is 44.0 Å². The fourth-order valence-corrected chi connectivity index (χ4v) is 6.67. The van der Waals surface area contributed by atoms with Crippen molar-refractivity contribution in [3.8, 4) is 21.8 Å². The molecule has 0 amide bonds. The van der Waals surface area contributed by atoms with Crippen LogP contribution in [0.4, 0.5) is 38.7 Å². The summed E-state index contributed by atoms with van der Waals surface area (Å²) in [6.07, 6.45) is 0.739. The highest BCUT2D eigenvalue weighted by molar-refractivity contribution is 7.92. The molecule has 1 aliphatic rings. The second-order valence-corrected chi connectivity index (χ2v) is 11.9. The number of piperidine rings is 1. The maximum Gasteiger partial charge on any atom is 0.267 e. The smallest absolute Gasteiger partial charge is 0.267 e. The van der Waals surface area contributed by atoms with Crippen molar-refractivity contribution in [2.24, 2.45) is 0 Å². The lowest BCUT2D eigenvalue weighted by Crippen LogP contribution is -2.39. The summed E-state index contributed by atoms with van der Waals surface area (Å²) in [6, 6.07) is 7.27. The Hall–Kier alpha value is -3.85. The molecule has 8 nitrogen and oxygen atoms in total. The standard InChI is InChI=1S/C26H23F5N6O2S2/c1-14-6-7-16(27)23(19(14)28)41(38,39)36-17-5-3-4-15(20(17)29)21-22(18-8-11-33-24(32-2)34-18)40-25(35-21)37-12-9-26(30,31)10-13-37/h3-8,11,36H,9-10,12-13H2,1-2H3,(H,32,33,34). The van der Waals surface area contributed by atoms with Gasteiger partial charge in [-0.25, -0.2) is 45.3 Å². The van der Waals surface area contributed by atoms with Gasteiger partial charge in [-0.05, 0) is 36.8 Å². The monoisotopic (exact) mass is 610 g/mol. The highest BCUT2D eigenvalue weighted by Crippen LogP contribution is 2.43. The highest BCUT2D eigenvalue weighted by atomic mass is 32.2. The number of hydrogen-bond donors (Lipinski definition) is 2. The first-order valence-electron chi connectivity index (χ1n) is 12.3. The quantitative estimate of drug-likeness (QED) is 0.245. The molecular formula is C26H23F5N6O2S2. The Balaban J connectivity index is 1.59. The largest absolute Gasteiger partial charge is 0.357 e. The number of aromatic nitrogens is 3. The first-order valence-corrected chi connectivity index (χ1v) is 14.6. The van der Waals surface area contributed by atoms with Crippen molar-refractivity contribution in [2.75, 3.05) is 35.1 Å². The van der Waals surface area contributed by atoms with Crippen LogP contribution in [0.3, 0.4) is 0 Å². The summed E-state index contributed by atoms with van der Waals surface area (Å²) in [5, 5.41) is 3.16. The zero-order valence-electron chi connectivity index (χ0n) is 21.7.